The predicted molar refractivity (Wildman–Crippen MR) is 75.4 cm³/mol. The molecule has 20 heavy (non-hydrogen) atoms. The highest BCUT2D eigenvalue weighted by molar-refractivity contribution is 7.99. The lowest BCUT2D eigenvalue weighted by Crippen LogP contribution is -1.99. The van der Waals surface area contributed by atoms with Crippen molar-refractivity contribution in [1.82, 2.24) is 25.2 Å². The van der Waals surface area contributed by atoms with Crippen molar-refractivity contribution in [1.29, 1.82) is 0 Å². The van der Waals surface area contributed by atoms with Crippen LogP contribution in [0.3, 0.4) is 0 Å². The molecule has 0 fully saturated rings. The van der Waals surface area contributed by atoms with E-state index in [-0.39, 0.29) is 0 Å². The number of rotatable bonds is 4. The Balaban J connectivity index is 1.90. The number of benzene rings is 1. The van der Waals surface area contributed by atoms with Gasteiger partial charge in [0, 0.05) is 12.7 Å². The highest BCUT2D eigenvalue weighted by atomic mass is 32.2. The van der Waals surface area contributed by atoms with Crippen LogP contribution in [0.15, 0.2) is 58.8 Å². The number of nitrogens with two attached hydrogens (primary N) is 1. The summed E-state index contributed by atoms with van der Waals surface area (Å²) >= 11 is 1.41. The minimum Gasteiger partial charge on any atom is -0.326 e. The summed E-state index contributed by atoms with van der Waals surface area (Å²) in [6, 6.07) is 13.6. The third kappa shape index (κ3) is 2.68. The van der Waals surface area contributed by atoms with Gasteiger partial charge in [0.25, 0.3) is 0 Å². The van der Waals surface area contributed by atoms with Crippen LogP contribution in [0.4, 0.5) is 0 Å². The second-order valence-corrected chi connectivity index (χ2v) is 5.00. The Morgan fingerprint density at radius 2 is 2.00 bits per heavy atom. The summed E-state index contributed by atoms with van der Waals surface area (Å²) in [5, 5.41) is 13.3. The zero-order chi connectivity index (χ0) is 13.8. The van der Waals surface area contributed by atoms with Gasteiger partial charge in [0.1, 0.15) is 5.03 Å². The van der Waals surface area contributed by atoms with Crippen LogP contribution in [0.1, 0.15) is 5.56 Å². The zero-order valence-corrected chi connectivity index (χ0v) is 11.4. The van der Waals surface area contributed by atoms with Crippen LogP contribution in [0.25, 0.3) is 5.69 Å². The van der Waals surface area contributed by atoms with E-state index in [0.29, 0.717) is 11.7 Å². The summed E-state index contributed by atoms with van der Waals surface area (Å²) in [5.74, 6) is 0. The SMILES string of the molecule is NCc1ccnc(Sc2nnnn2-c2ccccc2)c1. The molecule has 2 N–H and O–H groups in total. The first kappa shape index (κ1) is 12.8. The van der Waals surface area contributed by atoms with Crippen LogP contribution < -0.4 is 5.73 Å². The summed E-state index contributed by atoms with van der Waals surface area (Å²) in [4.78, 5) is 4.30. The molecule has 0 bridgehead atoms. The maximum absolute atomic E-state index is 5.63. The van der Waals surface area contributed by atoms with E-state index >= 15 is 0 Å². The Labute approximate surface area is 120 Å². The van der Waals surface area contributed by atoms with E-state index in [4.69, 9.17) is 5.73 Å². The van der Waals surface area contributed by atoms with Crippen LogP contribution in [-0.2, 0) is 6.54 Å². The molecular formula is C13H12N6S. The number of nitrogens with zero attached hydrogens (tertiary/aromatic N) is 5. The minimum absolute atomic E-state index is 0.486. The van der Waals surface area contributed by atoms with Crippen LogP contribution in [-0.4, -0.2) is 25.2 Å². The Morgan fingerprint density at radius 1 is 1.15 bits per heavy atom. The van der Waals surface area contributed by atoms with Crippen LogP contribution >= 0.6 is 11.8 Å². The molecule has 0 aliphatic rings. The van der Waals surface area contributed by atoms with Gasteiger partial charge in [0.15, 0.2) is 0 Å². The van der Waals surface area contributed by atoms with Crippen LogP contribution in [0.2, 0.25) is 0 Å². The molecule has 3 rings (SSSR count). The molecular weight excluding hydrogens is 272 g/mol. The summed E-state index contributed by atoms with van der Waals surface area (Å²) in [7, 11) is 0. The van der Waals surface area contributed by atoms with E-state index < -0.39 is 0 Å². The van der Waals surface area contributed by atoms with E-state index in [2.05, 4.69) is 20.5 Å². The van der Waals surface area contributed by atoms with Crippen LogP contribution in [0, 0.1) is 0 Å². The van der Waals surface area contributed by atoms with E-state index in [1.807, 2.05) is 42.5 Å². The van der Waals surface area contributed by atoms with Gasteiger partial charge in [-0.05, 0) is 52.0 Å². The maximum atomic E-state index is 5.63. The van der Waals surface area contributed by atoms with Crippen molar-refractivity contribution in [2.75, 3.05) is 0 Å². The average Bonchev–Trinajstić information content (AvgIpc) is 2.96. The Bertz CT molecular complexity index is 697. The molecule has 0 atom stereocenters. The first-order valence-electron chi connectivity index (χ1n) is 6.03. The van der Waals surface area contributed by atoms with Gasteiger partial charge in [-0.25, -0.2) is 4.98 Å². The summed E-state index contributed by atoms with van der Waals surface area (Å²) in [6.45, 7) is 0.486. The van der Waals surface area contributed by atoms with Gasteiger partial charge in [-0.2, -0.15) is 4.68 Å². The molecule has 0 unspecified atom stereocenters. The topological polar surface area (TPSA) is 82.5 Å². The van der Waals surface area contributed by atoms with Crippen molar-refractivity contribution < 1.29 is 0 Å². The third-order valence-electron chi connectivity index (χ3n) is 2.67. The number of aromatic nitrogens is 5. The number of tetrazole rings is 1. The molecule has 100 valence electrons. The normalized spacial score (nSPS) is 10.7. The predicted octanol–water partition coefficient (Wildman–Crippen LogP) is 1.67. The van der Waals surface area contributed by atoms with Crippen molar-refractivity contribution in [3.05, 3.63) is 54.2 Å². The van der Waals surface area contributed by atoms with Gasteiger partial charge in [-0.1, -0.05) is 18.2 Å². The molecule has 1 aromatic carbocycles. The standard InChI is InChI=1S/C13H12N6S/c14-9-10-6-7-15-12(8-10)20-13-16-17-18-19(13)11-4-2-1-3-5-11/h1-8H,9,14H2. The van der Waals surface area contributed by atoms with Crippen LogP contribution in [0.5, 0.6) is 0 Å². The monoisotopic (exact) mass is 284 g/mol. The minimum atomic E-state index is 0.486. The third-order valence-corrected chi connectivity index (χ3v) is 3.54. The van der Waals surface area contributed by atoms with Crippen molar-refractivity contribution in [3.8, 4) is 5.69 Å². The fraction of sp³-hybridized carbons (Fsp3) is 0.0769. The Kier molecular flexibility index (Phi) is 3.71. The summed E-state index contributed by atoms with van der Waals surface area (Å²) in [5.41, 5.74) is 7.57. The fourth-order valence-electron chi connectivity index (χ4n) is 1.70. The molecule has 7 heteroatoms. The molecule has 0 amide bonds. The second kappa shape index (κ2) is 5.81. The number of pyridine rings is 1. The Morgan fingerprint density at radius 3 is 2.80 bits per heavy atom. The molecule has 0 radical (unpaired) electrons. The first-order valence-corrected chi connectivity index (χ1v) is 6.85. The van der Waals surface area contributed by atoms with Gasteiger partial charge < -0.3 is 5.73 Å². The molecule has 6 nitrogen and oxygen atoms in total. The molecule has 2 aromatic heterocycles. The molecule has 0 saturated carbocycles. The summed E-state index contributed by atoms with van der Waals surface area (Å²) in [6.07, 6.45) is 1.74. The van der Waals surface area contributed by atoms with Crippen molar-refractivity contribution in [2.45, 2.75) is 16.7 Å². The number of para-hydroxylation sites is 1. The van der Waals surface area contributed by atoms with E-state index in [9.17, 15) is 0 Å². The van der Waals surface area contributed by atoms with Crippen molar-refractivity contribution in [3.63, 3.8) is 0 Å². The zero-order valence-electron chi connectivity index (χ0n) is 10.5. The summed E-state index contributed by atoms with van der Waals surface area (Å²) < 4.78 is 1.68. The first-order chi connectivity index (χ1) is 9.86. The quantitative estimate of drug-likeness (QED) is 0.784. The largest absolute Gasteiger partial charge is 0.326 e. The van der Waals surface area contributed by atoms with Gasteiger partial charge in [0.2, 0.25) is 5.16 Å². The fourth-order valence-corrected chi connectivity index (χ4v) is 2.52. The highest BCUT2D eigenvalue weighted by Gasteiger charge is 2.10. The van der Waals surface area contributed by atoms with Crippen molar-refractivity contribution >= 4 is 11.8 Å². The van der Waals surface area contributed by atoms with Gasteiger partial charge >= 0.3 is 0 Å². The lowest BCUT2D eigenvalue weighted by molar-refractivity contribution is 0.756. The molecule has 0 saturated heterocycles. The number of hydrogen-bond donors (Lipinski definition) is 1. The van der Waals surface area contributed by atoms with Gasteiger partial charge in [-0.15, -0.1) is 5.10 Å². The van der Waals surface area contributed by atoms with Crippen molar-refractivity contribution in [2.24, 2.45) is 5.73 Å². The molecule has 0 aliphatic carbocycles. The molecule has 3 aromatic rings. The highest BCUT2D eigenvalue weighted by Crippen LogP contribution is 2.25. The number of hydrogen-bond acceptors (Lipinski definition) is 6. The average molecular weight is 284 g/mol. The lowest BCUT2D eigenvalue weighted by Gasteiger charge is -2.04. The van der Waals surface area contributed by atoms with E-state index in [1.54, 1.807) is 10.9 Å². The second-order valence-electron chi connectivity index (χ2n) is 4.02. The smallest absolute Gasteiger partial charge is 0.220 e. The Hall–Kier alpha value is -2.25. The van der Waals surface area contributed by atoms with E-state index in [1.165, 1.54) is 11.8 Å². The van der Waals surface area contributed by atoms with Gasteiger partial charge in [-0.3, -0.25) is 0 Å². The molecule has 0 aliphatic heterocycles. The maximum Gasteiger partial charge on any atom is 0.220 e. The lowest BCUT2D eigenvalue weighted by atomic mass is 10.3. The van der Waals surface area contributed by atoms with Gasteiger partial charge in [0.05, 0.1) is 5.69 Å². The molecule has 0 spiro atoms. The van der Waals surface area contributed by atoms with E-state index in [0.717, 1.165) is 16.3 Å². The molecule has 2 heterocycles.